The average molecular weight is 340 g/mol. The maximum absolute atomic E-state index is 13.8. The standard InChI is InChI=1S/C12H16BrF2NOS/c1-7(16-18(17)12(2,3)4)9-5-8(14)6-10(13)11(9)15/h5-7,16H,1-4H3/t7?,18-/m0/s1. The van der Waals surface area contributed by atoms with E-state index in [4.69, 9.17) is 0 Å². The van der Waals surface area contributed by atoms with E-state index in [2.05, 4.69) is 20.7 Å². The number of hydrogen-bond acceptors (Lipinski definition) is 2. The van der Waals surface area contributed by atoms with Gasteiger partial charge in [-0.25, -0.2) is 8.78 Å². The molecule has 6 heteroatoms. The van der Waals surface area contributed by atoms with Gasteiger partial charge in [-0.1, -0.05) is 0 Å². The predicted molar refractivity (Wildman–Crippen MR) is 73.5 cm³/mol. The van der Waals surface area contributed by atoms with Gasteiger partial charge in [-0.15, -0.1) is 4.72 Å². The SMILES string of the molecule is CC(N[S@@+]([O-])C(C)(C)C)c1cc(F)cc(Br)c1F. The minimum Gasteiger partial charge on any atom is -0.598 e. The van der Waals surface area contributed by atoms with Crippen molar-refractivity contribution in [1.29, 1.82) is 0 Å². The van der Waals surface area contributed by atoms with E-state index >= 15 is 0 Å². The molecular weight excluding hydrogens is 324 g/mol. The lowest BCUT2D eigenvalue weighted by atomic mass is 10.1. The second kappa shape index (κ2) is 5.86. The lowest BCUT2D eigenvalue weighted by Crippen LogP contribution is -2.40. The summed E-state index contributed by atoms with van der Waals surface area (Å²) in [4.78, 5) is 0. The molecular formula is C12H16BrF2NOS. The first kappa shape index (κ1) is 15.9. The van der Waals surface area contributed by atoms with Gasteiger partial charge in [0.15, 0.2) is 0 Å². The molecule has 0 saturated heterocycles. The highest BCUT2D eigenvalue weighted by atomic mass is 79.9. The number of halogens is 3. The van der Waals surface area contributed by atoms with Crippen molar-refractivity contribution in [1.82, 2.24) is 4.72 Å². The van der Waals surface area contributed by atoms with Crippen molar-refractivity contribution in [2.45, 2.75) is 38.5 Å². The van der Waals surface area contributed by atoms with E-state index in [1.807, 2.05) is 0 Å². The van der Waals surface area contributed by atoms with Crippen LogP contribution in [0.15, 0.2) is 16.6 Å². The fraction of sp³-hybridized carbons (Fsp3) is 0.500. The van der Waals surface area contributed by atoms with Crippen LogP contribution < -0.4 is 4.72 Å². The summed E-state index contributed by atoms with van der Waals surface area (Å²) in [6.45, 7) is 7.07. The van der Waals surface area contributed by atoms with Gasteiger partial charge in [0.25, 0.3) is 0 Å². The Kier molecular flexibility index (Phi) is 5.17. The van der Waals surface area contributed by atoms with Crippen LogP contribution in [0.1, 0.15) is 39.3 Å². The summed E-state index contributed by atoms with van der Waals surface area (Å²) in [6.07, 6.45) is 0. The Balaban J connectivity index is 2.95. The van der Waals surface area contributed by atoms with Crippen molar-refractivity contribution < 1.29 is 13.3 Å². The Morgan fingerprint density at radius 3 is 2.39 bits per heavy atom. The Morgan fingerprint density at radius 1 is 1.33 bits per heavy atom. The molecule has 0 bridgehead atoms. The van der Waals surface area contributed by atoms with Gasteiger partial charge in [-0.3, -0.25) is 0 Å². The van der Waals surface area contributed by atoms with Crippen LogP contribution in [0.2, 0.25) is 0 Å². The molecule has 0 saturated carbocycles. The van der Waals surface area contributed by atoms with Gasteiger partial charge >= 0.3 is 0 Å². The second-order valence-electron chi connectivity index (χ2n) is 5.01. The molecule has 0 spiro atoms. The van der Waals surface area contributed by atoms with E-state index in [-0.39, 0.29) is 10.0 Å². The molecule has 1 aromatic carbocycles. The van der Waals surface area contributed by atoms with Crippen LogP contribution in [-0.2, 0) is 11.4 Å². The molecule has 0 aliphatic heterocycles. The summed E-state index contributed by atoms with van der Waals surface area (Å²) < 4.78 is 41.3. The van der Waals surface area contributed by atoms with Crippen LogP contribution in [-0.4, -0.2) is 9.30 Å². The molecule has 0 radical (unpaired) electrons. The molecule has 0 heterocycles. The maximum Gasteiger partial charge on any atom is 0.142 e. The van der Waals surface area contributed by atoms with Gasteiger partial charge in [0.1, 0.15) is 16.4 Å². The molecule has 0 aromatic heterocycles. The quantitative estimate of drug-likeness (QED) is 0.670. The average Bonchev–Trinajstić information content (AvgIpc) is 2.21. The Labute approximate surface area is 118 Å². The summed E-state index contributed by atoms with van der Waals surface area (Å²) in [5, 5.41) is 0. The van der Waals surface area contributed by atoms with Crippen LogP contribution in [0, 0.1) is 11.6 Å². The fourth-order valence-corrected chi connectivity index (χ4v) is 2.54. The lowest BCUT2D eigenvalue weighted by Gasteiger charge is -2.26. The third kappa shape index (κ3) is 3.91. The monoisotopic (exact) mass is 339 g/mol. The molecule has 102 valence electrons. The van der Waals surface area contributed by atoms with Gasteiger partial charge in [-0.05, 0) is 55.8 Å². The highest BCUT2D eigenvalue weighted by Crippen LogP contribution is 2.27. The number of hydrogen-bond donors (Lipinski definition) is 1. The number of benzene rings is 1. The van der Waals surface area contributed by atoms with Gasteiger partial charge in [0, 0.05) is 16.9 Å². The molecule has 0 aliphatic rings. The summed E-state index contributed by atoms with van der Waals surface area (Å²) in [5.41, 5.74) is 0.152. The van der Waals surface area contributed by atoms with Gasteiger partial charge in [0.2, 0.25) is 0 Å². The zero-order chi connectivity index (χ0) is 14.1. The Morgan fingerprint density at radius 2 is 1.89 bits per heavy atom. The van der Waals surface area contributed by atoms with Gasteiger partial charge in [-0.2, -0.15) is 0 Å². The molecule has 1 rings (SSSR count). The largest absolute Gasteiger partial charge is 0.598 e. The molecule has 0 amide bonds. The second-order valence-corrected chi connectivity index (χ2v) is 7.86. The van der Waals surface area contributed by atoms with Crippen molar-refractivity contribution in [3.05, 3.63) is 33.8 Å². The molecule has 2 atom stereocenters. The van der Waals surface area contributed by atoms with Crippen LogP contribution >= 0.6 is 15.9 Å². The van der Waals surface area contributed by atoms with Gasteiger partial charge < -0.3 is 4.55 Å². The molecule has 1 unspecified atom stereocenters. The van der Waals surface area contributed by atoms with E-state index in [1.165, 1.54) is 0 Å². The van der Waals surface area contributed by atoms with Crippen LogP contribution in [0.25, 0.3) is 0 Å². The fourth-order valence-electron chi connectivity index (χ4n) is 1.29. The topological polar surface area (TPSA) is 35.1 Å². The van der Waals surface area contributed by atoms with Crippen LogP contribution in [0.3, 0.4) is 0 Å². The van der Waals surface area contributed by atoms with Crippen molar-refractivity contribution in [3.63, 3.8) is 0 Å². The number of nitrogens with one attached hydrogen (secondary N) is 1. The first-order valence-corrected chi connectivity index (χ1v) is 7.39. The van der Waals surface area contributed by atoms with Crippen LogP contribution in [0.5, 0.6) is 0 Å². The minimum absolute atomic E-state index is 0.0627. The Bertz CT molecular complexity index is 437. The van der Waals surface area contributed by atoms with E-state index in [1.54, 1.807) is 27.7 Å². The van der Waals surface area contributed by atoms with Crippen molar-refractivity contribution in [2.75, 3.05) is 0 Å². The van der Waals surface area contributed by atoms with Crippen molar-refractivity contribution in [2.24, 2.45) is 0 Å². The molecule has 18 heavy (non-hydrogen) atoms. The summed E-state index contributed by atoms with van der Waals surface area (Å²) in [7, 11) is 0. The zero-order valence-electron chi connectivity index (χ0n) is 10.7. The third-order valence-corrected chi connectivity index (χ3v) is 4.58. The van der Waals surface area contributed by atoms with Crippen molar-refractivity contribution in [3.8, 4) is 0 Å². The zero-order valence-corrected chi connectivity index (χ0v) is 13.1. The minimum atomic E-state index is -1.34. The molecule has 1 N–H and O–H groups in total. The predicted octanol–water partition coefficient (Wildman–Crippen LogP) is 3.84. The first-order valence-electron chi connectivity index (χ1n) is 5.45. The summed E-state index contributed by atoms with van der Waals surface area (Å²) in [6, 6.07) is 1.63. The van der Waals surface area contributed by atoms with Crippen LogP contribution in [0.4, 0.5) is 8.78 Å². The molecule has 0 fully saturated rings. The third-order valence-electron chi connectivity index (χ3n) is 2.33. The Hall–Kier alpha value is -0.170. The maximum atomic E-state index is 13.8. The molecule has 0 aliphatic carbocycles. The highest BCUT2D eigenvalue weighted by molar-refractivity contribution is 9.10. The molecule has 2 nitrogen and oxygen atoms in total. The van der Waals surface area contributed by atoms with E-state index in [9.17, 15) is 13.3 Å². The van der Waals surface area contributed by atoms with E-state index in [0.717, 1.165) is 12.1 Å². The van der Waals surface area contributed by atoms with Crippen molar-refractivity contribution >= 4 is 27.3 Å². The first-order chi connectivity index (χ1) is 8.12. The number of rotatable bonds is 3. The lowest BCUT2D eigenvalue weighted by molar-refractivity contribution is 0.517. The summed E-state index contributed by atoms with van der Waals surface area (Å²) in [5.74, 6) is -1.07. The van der Waals surface area contributed by atoms with E-state index in [0.29, 0.717) is 0 Å². The van der Waals surface area contributed by atoms with Gasteiger partial charge in [0.05, 0.1) is 10.5 Å². The highest BCUT2D eigenvalue weighted by Gasteiger charge is 2.29. The molecule has 1 aromatic rings. The van der Waals surface area contributed by atoms with E-state index < -0.39 is 33.8 Å². The smallest absolute Gasteiger partial charge is 0.142 e. The normalized spacial score (nSPS) is 15.6. The summed E-state index contributed by atoms with van der Waals surface area (Å²) >= 11 is 1.61.